The van der Waals surface area contributed by atoms with Gasteiger partial charge in [0.2, 0.25) is 5.91 Å². The van der Waals surface area contributed by atoms with Gasteiger partial charge in [0, 0.05) is 35.1 Å². The fourth-order valence-corrected chi connectivity index (χ4v) is 5.36. The second-order valence-corrected chi connectivity index (χ2v) is 8.31. The monoisotopic (exact) mass is 416 g/mol. The minimum absolute atomic E-state index is 0.0418. The smallest absolute Gasteiger partial charge is 0.246 e. The van der Waals surface area contributed by atoms with E-state index in [1.165, 1.54) is 6.08 Å². The first-order valence-electron chi connectivity index (χ1n) is 10.5. The van der Waals surface area contributed by atoms with Crippen molar-refractivity contribution in [1.82, 2.24) is 24.3 Å². The van der Waals surface area contributed by atoms with Gasteiger partial charge in [-0.3, -0.25) is 9.48 Å². The van der Waals surface area contributed by atoms with E-state index < -0.39 is 0 Å². The van der Waals surface area contributed by atoms with Gasteiger partial charge in [0.15, 0.2) is 0 Å². The molecule has 1 amide bonds. The third-order valence-corrected chi connectivity index (χ3v) is 6.76. The van der Waals surface area contributed by atoms with Gasteiger partial charge in [-0.05, 0) is 44.7 Å². The molecule has 8 nitrogen and oxygen atoms in total. The molecule has 31 heavy (non-hydrogen) atoms. The standard InChI is InChI=1S/C23H24N6O2/c1-4-22(30)28-17-5-6-18(28)9-19(8-17)29-14(2)20(12-26-29)15-7-21(31-3)23-16(10-24)11-25-27(23)13-15/h4,7,11-13,17-19H,1,5-6,8-9H2,2-3H3/t17-,18?,19?/m1/s1. The van der Waals surface area contributed by atoms with Crippen molar-refractivity contribution in [1.29, 1.82) is 5.26 Å². The lowest BCUT2D eigenvalue weighted by Crippen LogP contribution is -2.46. The Kier molecular flexibility index (Phi) is 4.54. The van der Waals surface area contributed by atoms with E-state index in [9.17, 15) is 10.1 Å². The number of rotatable bonds is 4. The Bertz CT molecular complexity index is 1220. The number of hydrogen-bond acceptors (Lipinski definition) is 5. The number of methoxy groups -OCH3 is 1. The van der Waals surface area contributed by atoms with Crippen molar-refractivity contribution in [2.24, 2.45) is 0 Å². The van der Waals surface area contributed by atoms with Crippen molar-refractivity contribution in [2.75, 3.05) is 7.11 Å². The normalized spacial score (nSPS) is 22.5. The average Bonchev–Trinajstić information content (AvgIpc) is 3.45. The first-order chi connectivity index (χ1) is 15.0. The van der Waals surface area contributed by atoms with Crippen LogP contribution in [-0.2, 0) is 4.79 Å². The number of fused-ring (bicyclic) bond motifs is 3. The van der Waals surface area contributed by atoms with Crippen LogP contribution in [0.25, 0.3) is 16.6 Å². The van der Waals surface area contributed by atoms with Crippen LogP contribution < -0.4 is 4.74 Å². The maximum Gasteiger partial charge on any atom is 0.246 e. The minimum Gasteiger partial charge on any atom is -0.494 e. The number of carbonyl (C=O) groups is 1. The van der Waals surface area contributed by atoms with Gasteiger partial charge in [0.1, 0.15) is 22.9 Å². The largest absolute Gasteiger partial charge is 0.494 e. The summed E-state index contributed by atoms with van der Waals surface area (Å²) < 4.78 is 9.34. The van der Waals surface area contributed by atoms with E-state index in [1.807, 2.05) is 23.4 Å². The number of amides is 1. The van der Waals surface area contributed by atoms with Gasteiger partial charge in [0.05, 0.1) is 25.5 Å². The third kappa shape index (κ3) is 2.92. The highest BCUT2D eigenvalue weighted by Crippen LogP contribution is 2.42. The highest BCUT2D eigenvalue weighted by Gasteiger charge is 2.43. The molecule has 0 spiro atoms. The second-order valence-electron chi connectivity index (χ2n) is 8.31. The van der Waals surface area contributed by atoms with E-state index >= 15 is 0 Å². The van der Waals surface area contributed by atoms with Crippen molar-refractivity contribution in [2.45, 2.75) is 50.7 Å². The Morgan fingerprint density at radius 3 is 2.65 bits per heavy atom. The number of pyridine rings is 1. The van der Waals surface area contributed by atoms with Gasteiger partial charge in [0.25, 0.3) is 0 Å². The van der Waals surface area contributed by atoms with Crippen LogP contribution in [0.4, 0.5) is 0 Å². The molecular formula is C23H24N6O2. The third-order valence-electron chi connectivity index (χ3n) is 6.76. The number of aromatic nitrogens is 4. The Balaban J connectivity index is 1.49. The van der Waals surface area contributed by atoms with Crippen molar-refractivity contribution >= 4 is 11.4 Å². The predicted octanol–water partition coefficient (Wildman–Crippen LogP) is 3.27. The summed E-state index contributed by atoms with van der Waals surface area (Å²) in [5, 5.41) is 18.4. The molecule has 2 aliphatic rings. The molecule has 0 aliphatic carbocycles. The van der Waals surface area contributed by atoms with Gasteiger partial charge in [-0.25, -0.2) is 4.52 Å². The predicted molar refractivity (Wildman–Crippen MR) is 115 cm³/mol. The molecule has 5 heterocycles. The lowest BCUT2D eigenvalue weighted by molar-refractivity contribution is -0.130. The number of piperidine rings is 1. The number of hydrogen-bond donors (Lipinski definition) is 0. The fraction of sp³-hybridized carbons (Fsp3) is 0.391. The molecule has 8 heteroatoms. The first kappa shape index (κ1) is 19.4. The maximum absolute atomic E-state index is 12.3. The fourth-order valence-electron chi connectivity index (χ4n) is 5.36. The summed E-state index contributed by atoms with van der Waals surface area (Å²) in [6.07, 6.45) is 10.7. The van der Waals surface area contributed by atoms with E-state index in [1.54, 1.807) is 17.8 Å². The highest BCUT2D eigenvalue weighted by molar-refractivity contribution is 5.88. The van der Waals surface area contributed by atoms with Crippen LogP contribution in [0.15, 0.2) is 37.3 Å². The highest BCUT2D eigenvalue weighted by atomic mass is 16.5. The molecule has 0 N–H and O–H groups in total. The van der Waals surface area contributed by atoms with Crippen molar-refractivity contribution < 1.29 is 9.53 Å². The topological polar surface area (TPSA) is 88.5 Å². The zero-order valence-corrected chi connectivity index (χ0v) is 17.7. The van der Waals surface area contributed by atoms with Gasteiger partial charge in [-0.15, -0.1) is 0 Å². The number of nitrogens with zero attached hydrogens (tertiary/aromatic N) is 6. The zero-order chi connectivity index (χ0) is 21.7. The average molecular weight is 416 g/mol. The molecule has 0 aromatic carbocycles. The summed E-state index contributed by atoms with van der Waals surface area (Å²) in [5.74, 6) is 0.646. The summed E-state index contributed by atoms with van der Waals surface area (Å²) in [5.41, 5.74) is 4.15. The summed E-state index contributed by atoms with van der Waals surface area (Å²) >= 11 is 0. The molecule has 2 unspecified atom stereocenters. The lowest BCUT2D eigenvalue weighted by atomic mass is 9.96. The Labute approximate surface area is 180 Å². The number of nitriles is 1. The van der Waals surface area contributed by atoms with Crippen LogP contribution in [0.1, 0.15) is 43.0 Å². The first-order valence-corrected chi connectivity index (χ1v) is 10.5. The molecule has 3 aromatic heterocycles. The molecule has 158 valence electrons. The van der Waals surface area contributed by atoms with E-state index in [2.05, 4.69) is 29.4 Å². The zero-order valence-electron chi connectivity index (χ0n) is 17.7. The van der Waals surface area contributed by atoms with Crippen molar-refractivity contribution in [3.63, 3.8) is 0 Å². The van der Waals surface area contributed by atoms with E-state index in [-0.39, 0.29) is 24.0 Å². The second kappa shape index (κ2) is 7.27. The quantitative estimate of drug-likeness (QED) is 0.609. The molecule has 3 aromatic rings. The van der Waals surface area contributed by atoms with Crippen molar-refractivity contribution in [3.8, 4) is 22.9 Å². The van der Waals surface area contributed by atoms with Crippen LogP contribution in [0, 0.1) is 18.3 Å². The molecule has 5 rings (SSSR count). The SMILES string of the molecule is C=CC(=O)N1C2CC[C@@H]1CC(n1ncc(-c3cc(OC)c4c(C#N)cnn4c3)c1C)C2. The van der Waals surface area contributed by atoms with Crippen LogP contribution in [0.5, 0.6) is 5.75 Å². The Hall–Kier alpha value is -3.60. The summed E-state index contributed by atoms with van der Waals surface area (Å²) in [6, 6.07) is 4.87. The Morgan fingerprint density at radius 2 is 2.00 bits per heavy atom. The maximum atomic E-state index is 12.3. The molecule has 2 aliphatic heterocycles. The molecule has 2 bridgehead atoms. The van der Waals surface area contributed by atoms with Crippen LogP contribution in [0.3, 0.4) is 0 Å². The van der Waals surface area contributed by atoms with Crippen molar-refractivity contribution in [3.05, 3.63) is 48.6 Å². The molecule has 2 fully saturated rings. The summed E-state index contributed by atoms with van der Waals surface area (Å²) in [6.45, 7) is 5.73. The molecule has 2 saturated heterocycles. The minimum atomic E-state index is 0.0418. The van der Waals surface area contributed by atoms with E-state index in [0.717, 1.165) is 42.5 Å². The van der Waals surface area contributed by atoms with Gasteiger partial charge in [-0.1, -0.05) is 6.58 Å². The van der Waals surface area contributed by atoms with Gasteiger partial charge in [-0.2, -0.15) is 15.5 Å². The van der Waals surface area contributed by atoms with Gasteiger partial charge < -0.3 is 9.64 Å². The van der Waals surface area contributed by atoms with Crippen LogP contribution in [-0.4, -0.2) is 49.4 Å². The van der Waals surface area contributed by atoms with Crippen LogP contribution >= 0.6 is 0 Å². The Morgan fingerprint density at radius 1 is 1.26 bits per heavy atom. The lowest BCUT2D eigenvalue weighted by Gasteiger charge is -2.38. The van der Waals surface area contributed by atoms with E-state index in [0.29, 0.717) is 16.8 Å². The molecule has 0 saturated carbocycles. The molecular weight excluding hydrogens is 392 g/mol. The molecule has 3 atom stereocenters. The summed E-state index contributed by atoms with van der Waals surface area (Å²) in [4.78, 5) is 14.3. The molecule has 0 radical (unpaired) electrons. The summed E-state index contributed by atoms with van der Waals surface area (Å²) in [7, 11) is 1.59. The van der Waals surface area contributed by atoms with Gasteiger partial charge >= 0.3 is 0 Å². The number of ether oxygens (including phenoxy) is 1. The number of carbonyl (C=O) groups excluding carboxylic acids is 1. The van der Waals surface area contributed by atoms with E-state index in [4.69, 9.17) is 9.84 Å². The van der Waals surface area contributed by atoms with Crippen LogP contribution in [0.2, 0.25) is 0 Å².